The highest BCUT2D eigenvalue weighted by molar-refractivity contribution is 6.30. The molecule has 11 heteroatoms. The largest absolute Gasteiger partial charge is 0.342 e. The Morgan fingerprint density at radius 1 is 1.31 bits per heavy atom. The molecular formula is C28H29ClN8O2. The second-order valence-electron chi connectivity index (χ2n) is 9.00. The second-order valence-corrected chi connectivity index (χ2v) is 9.43. The van der Waals surface area contributed by atoms with E-state index in [0.717, 1.165) is 11.3 Å². The lowest BCUT2D eigenvalue weighted by Gasteiger charge is -2.16. The van der Waals surface area contributed by atoms with E-state index in [9.17, 15) is 9.59 Å². The molecule has 200 valence electrons. The predicted molar refractivity (Wildman–Crippen MR) is 156 cm³/mol. The lowest BCUT2D eigenvalue weighted by atomic mass is 10.0. The summed E-state index contributed by atoms with van der Waals surface area (Å²) in [5, 5.41) is 14.8. The molecule has 2 bridgehead atoms. The van der Waals surface area contributed by atoms with Crippen molar-refractivity contribution in [2.75, 3.05) is 10.3 Å². The van der Waals surface area contributed by atoms with Crippen molar-refractivity contribution < 1.29 is 9.59 Å². The van der Waals surface area contributed by atoms with Crippen molar-refractivity contribution in [3.05, 3.63) is 83.3 Å². The summed E-state index contributed by atoms with van der Waals surface area (Å²) in [5.74, 6) is 6.23. The summed E-state index contributed by atoms with van der Waals surface area (Å²) < 4.78 is 0. The molecule has 2 amide bonds. The lowest BCUT2D eigenvalue weighted by molar-refractivity contribution is -0.117. The van der Waals surface area contributed by atoms with Gasteiger partial charge in [-0.15, -0.1) is 5.10 Å². The average Bonchev–Trinajstić information content (AvgIpc) is 3.40. The van der Waals surface area contributed by atoms with E-state index in [4.69, 9.17) is 17.4 Å². The van der Waals surface area contributed by atoms with Gasteiger partial charge in [0.25, 0.3) is 0 Å². The number of fused-ring (bicyclic) bond motifs is 4. The van der Waals surface area contributed by atoms with Crippen molar-refractivity contribution in [3.63, 3.8) is 0 Å². The van der Waals surface area contributed by atoms with Crippen molar-refractivity contribution in [2.24, 2.45) is 22.0 Å². The van der Waals surface area contributed by atoms with Crippen molar-refractivity contribution in [3.8, 4) is 11.3 Å². The smallest absolute Gasteiger partial charge is 0.244 e. The molecule has 0 saturated heterocycles. The Bertz CT molecular complexity index is 1440. The minimum Gasteiger partial charge on any atom is -0.342 e. The van der Waals surface area contributed by atoms with Crippen LogP contribution in [0.15, 0.2) is 77.1 Å². The number of anilines is 2. The van der Waals surface area contributed by atoms with Crippen LogP contribution in [0, 0.1) is 5.92 Å². The van der Waals surface area contributed by atoms with Gasteiger partial charge in [-0.25, -0.2) is 10.8 Å². The zero-order valence-electron chi connectivity index (χ0n) is 21.3. The molecule has 39 heavy (non-hydrogen) atoms. The Hall–Kier alpha value is -4.54. The fraction of sp³-hybridized carbons (Fsp3) is 0.179. The Balaban J connectivity index is 1.60. The number of H-pyrrole nitrogens is 1. The fourth-order valence-corrected chi connectivity index (χ4v) is 4.34. The van der Waals surface area contributed by atoms with Gasteiger partial charge in [0.05, 0.1) is 29.3 Å². The van der Waals surface area contributed by atoms with Crippen LogP contribution >= 0.6 is 11.6 Å². The average molecular weight is 545 g/mol. The van der Waals surface area contributed by atoms with Gasteiger partial charge in [0.1, 0.15) is 12.2 Å². The third-order valence-corrected chi connectivity index (χ3v) is 6.25. The highest BCUT2D eigenvalue weighted by atomic mass is 35.5. The van der Waals surface area contributed by atoms with Crippen LogP contribution in [-0.2, 0) is 9.59 Å². The van der Waals surface area contributed by atoms with Crippen LogP contribution in [0.5, 0.6) is 0 Å². The first-order chi connectivity index (χ1) is 18.8. The summed E-state index contributed by atoms with van der Waals surface area (Å²) in [6.45, 7) is 5.26. The first-order valence-corrected chi connectivity index (χ1v) is 12.6. The fourth-order valence-electron chi connectivity index (χ4n) is 4.16. The number of nitrogens with two attached hydrogens (primary N) is 1. The normalized spacial score (nSPS) is 18.4. The molecule has 3 aromatic rings. The number of nitrogens with zero attached hydrogens (tertiary/aromatic N) is 4. The number of carbonyl (C=O) groups is 2. The maximum absolute atomic E-state index is 13.0. The molecule has 1 aliphatic rings. The summed E-state index contributed by atoms with van der Waals surface area (Å²) in [5.41, 5.74) is 3.40. The summed E-state index contributed by atoms with van der Waals surface area (Å²) >= 11 is 6.18. The van der Waals surface area contributed by atoms with Gasteiger partial charge in [0.2, 0.25) is 11.8 Å². The van der Waals surface area contributed by atoms with Crippen LogP contribution in [0.2, 0.25) is 5.02 Å². The van der Waals surface area contributed by atoms with Gasteiger partial charge < -0.3 is 15.6 Å². The summed E-state index contributed by atoms with van der Waals surface area (Å²) in [7, 11) is 0. The first-order valence-electron chi connectivity index (χ1n) is 12.3. The molecule has 1 aromatic heterocycles. The topological polar surface area (TPSA) is 141 Å². The monoisotopic (exact) mass is 544 g/mol. The summed E-state index contributed by atoms with van der Waals surface area (Å²) in [6.07, 6.45) is 10.7. The highest BCUT2D eigenvalue weighted by Gasteiger charge is 2.19. The third kappa shape index (κ3) is 7.28. The van der Waals surface area contributed by atoms with Crippen molar-refractivity contribution in [1.82, 2.24) is 15.3 Å². The van der Waals surface area contributed by atoms with Crippen molar-refractivity contribution >= 4 is 53.9 Å². The van der Waals surface area contributed by atoms with E-state index in [1.54, 1.807) is 30.5 Å². The number of rotatable bonds is 6. The number of nitrogens with one attached hydrogen (secondary N) is 3. The maximum Gasteiger partial charge on any atom is 0.244 e. The number of benzene rings is 2. The molecule has 0 saturated carbocycles. The standard InChI is InChI=1S/C28H29ClN8O2/c1-18-6-5-9-23(28-32-16-24(36-28)21-7-3-4-8-22(21)34-27(39)14-18)35-26(38)13-10-19-15-20(29)11-12-25(19)37(30)17-33-31-2/h3-8,10-13,15-18,23H,2,9,14,30H2,1H3,(H,32,36)(H,34,39)(H,35,38)/b6-5+,13-10+,33-17-/t18?,23-/m0/s1. The molecule has 2 heterocycles. The minimum atomic E-state index is -0.438. The molecule has 0 spiro atoms. The van der Waals surface area contributed by atoms with Crippen LogP contribution in [0.1, 0.15) is 37.2 Å². The number of carbonyl (C=O) groups excluding carboxylic acids is 2. The van der Waals surface area contributed by atoms with Crippen LogP contribution in [0.25, 0.3) is 17.3 Å². The van der Waals surface area contributed by atoms with Crippen LogP contribution < -0.4 is 21.5 Å². The molecule has 2 aromatic carbocycles. The minimum absolute atomic E-state index is 0.0146. The zero-order chi connectivity index (χ0) is 27.8. The quantitative estimate of drug-likeness (QED) is 0.0876. The van der Waals surface area contributed by atoms with E-state index in [1.807, 2.05) is 43.3 Å². The SMILES string of the molecule is C=N/N=C\N(N)c1ccc(Cl)cc1/C=C/C(=O)N[C@H]1C/C=C/C(C)CC(=O)Nc2ccccc2-c2cnc1[nH]2. The first kappa shape index (κ1) is 27.5. The van der Waals surface area contributed by atoms with Crippen molar-refractivity contribution in [2.45, 2.75) is 25.8 Å². The van der Waals surface area contributed by atoms with Gasteiger partial charge in [-0.2, -0.15) is 5.10 Å². The van der Waals surface area contributed by atoms with Crippen LogP contribution in [0.4, 0.5) is 11.4 Å². The van der Waals surface area contributed by atoms with Gasteiger partial charge in [0, 0.05) is 35.4 Å². The Morgan fingerprint density at radius 2 is 2.13 bits per heavy atom. The van der Waals surface area contributed by atoms with E-state index in [0.29, 0.717) is 40.6 Å². The molecule has 2 atom stereocenters. The molecule has 0 fully saturated rings. The molecule has 10 nitrogen and oxygen atoms in total. The molecule has 4 rings (SSSR count). The molecule has 1 unspecified atom stereocenters. The number of amides is 2. The van der Waals surface area contributed by atoms with Crippen LogP contribution in [0.3, 0.4) is 0 Å². The Labute approximate surface area is 231 Å². The molecular weight excluding hydrogens is 516 g/mol. The number of hydrogen-bond acceptors (Lipinski definition) is 6. The van der Waals surface area contributed by atoms with Gasteiger partial charge in [-0.1, -0.05) is 48.9 Å². The Kier molecular flexibility index (Phi) is 9.03. The second kappa shape index (κ2) is 12.8. The zero-order valence-corrected chi connectivity index (χ0v) is 22.1. The predicted octanol–water partition coefficient (Wildman–Crippen LogP) is 4.85. The number of aromatic nitrogens is 2. The van der Waals surface area contributed by atoms with Crippen LogP contribution in [-0.4, -0.2) is 34.8 Å². The van der Waals surface area contributed by atoms with E-state index in [2.05, 4.69) is 37.5 Å². The maximum atomic E-state index is 13.0. The number of allylic oxidation sites excluding steroid dienone is 1. The number of halogens is 1. The van der Waals surface area contributed by atoms with Crippen molar-refractivity contribution in [1.29, 1.82) is 0 Å². The Morgan fingerprint density at radius 3 is 2.95 bits per heavy atom. The van der Waals surface area contributed by atoms with Gasteiger partial charge in [0.15, 0.2) is 0 Å². The number of para-hydroxylation sites is 1. The highest BCUT2D eigenvalue weighted by Crippen LogP contribution is 2.29. The molecule has 5 N–H and O–H groups in total. The van der Waals surface area contributed by atoms with E-state index in [-0.39, 0.29) is 17.7 Å². The number of hydrogen-bond donors (Lipinski definition) is 4. The van der Waals surface area contributed by atoms with E-state index >= 15 is 0 Å². The van der Waals surface area contributed by atoms with Gasteiger partial charge in [-0.05, 0) is 42.7 Å². The number of hydrazine groups is 1. The molecule has 1 aliphatic heterocycles. The lowest BCUT2D eigenvalue weighted by Crippen LogP contribution is -2.29. The van der Waals surface area contributed by atoms with Gasteiger partial charge >= 0.3 is 0 Å². The molecule has 0 radical (unpaired) electrons. The summed E-state index contributed by atoms with van der Waals surface area (Å²) in [6, 6.07) is 12.2. The number of aromatic amines is 1. The third-order valence-electron chi connectivity index (χ3n) is 6.02. The molecule has 0 aliphatic carbocycles. The number of imidazole rings is 1. The van der Waals surface area contributed by atoms with E-state index in [1.165, 1.54) is 17.4 Å². The van der Waals surface area contributed by atoms with Gasteiger partial charge in [-0.3, -0.25) is 14.6 Å². The van der Waals surface area contributed by atoms with E-state index < -0.39 is 6.04 Å². The summed E-state index contributed by atoms with van der Waals surface area (Å²) in [4.78, 5) is 33.5.